The molecule has 0 saturated carbocycles. The van der Waals surface area contributed by atoms with Crippen LogP contribution in [0.2, 0.25) is 0 Å². The van der Waals surface area contributed by atoms with E-state index in [1.807, 2.05) is 23.8 Å². The number of nitrogens with one attached hydrogen (secondary N) is 1. The van der Waals surface area contributed by atoms with Gasteiger partial charge in [0.15, 0.2) is 5.13 Å². The molecule has 1 amide bonds. The minimum absolute atomic E-state index is 0.495. The molecule has 0 spiro atoms. The van der Waals surface area contributed by atoms with Crippen LogP contribution in [-0.4, -0.2) is 11.1 Å². The van der Waals surface area contributed by atoms with E-state index in [-0.39, 0.29) is 0 Å². The Hall–Kier alpha value is -1.40. The summed E-state index contributed by atoms with van der Waals surface area (Å²) in [7, 11) is 0. The second kappa shape index (κ2) is 5.97. The molecule has 0 fully saturated rings. The minimum atomic E-state index is -0.495. The van der Waals surface area contributed by atoms with E-state index in [0.717, 1.165) is 18.5 Å². The molecule has 0 atom stereocenters. The monoisotopic (exact) mass is 282 g/mol. The predicted molar refractivity (Wildman–Crippen MR) is 74.8 cm³/mol. The first kappa shape index (κ1) is 13.0. The number of aryl methyl sites for hydroxylation is 2. The van der Waals surface area contributed by atoms with Crippen molar-refractivity contribution >= 4 is 33.9 Å². The van der Waals surface area contributed by atoms with Gasteiger partial charge in [-0.25, -0.2) is 9.78 Å². The fourth-order valence-electron chi connectivity index (χ4n) is 1.42. The van der Waals surface area contributed by atoms with Crippen LogP contribution in [0.25, 0.3) is 0 Å². The lowest BCUT2D eigenvalue weighted by molar-refractivity contribution is 0.215. The van der Waals surface area contributed by atoms with E-state index in [0.29, 0.717) is 10.9 Å². The van der Waals surface area contributed by atoms with Crippen molar-refractivity contribution in [2.45, 2.75) is 26.7 Å². The summed E-state index contributed by atoms with van der Waals surface area (Å²) in [5, 5.41) is 6.88. The molecule has 0 unspecified atom stereocenters. The van der Waals surface area contributed by atoms with Gasteiger partial charge in [-0.05, 0) is 19.4 Å². The first-order valence-electron chi connectivity index (χ1n) is 5.65. The van der Waals surface area contributed by atoms with E-state index < -0.39 is 6.09 Å². The van der Waals surface area contributed by atoms with Crippen LogP contribution in [0, 0.1) is 6.92 Å². The van der Waals surface area contributed by atoms with Crippen LogP contribution in [0.4, 0.5) is 9.93 Å². The highest BCUT2D eigenvalue weighted by Crippen LogP contribution is 2.23. The average Bonchev–Trinajstić information content (AvgIpc) is 2.89. The first-order valence-corrected chi connectivity index (χ1v) is 7.41. The number of thiophene rings is 1. The Balaban J connectivity index is 1.90. The number of anilines is 1. The number of rotatable bonds is 4. The van der Waals surface area contributed by atoms with E-state index in [2.05, 4.69) is 17.2 Å². The molecule has 0 saturated heterocycles. The average molecular weight is 282 g/mol. The highest BCUT2D eigenvalue weighted by molar-refractivity contribution is 7.13. The van der Waals surface area contributed by atoms with Crippen molar-refractivity contribution in [3.8, 4) is 5.75 Å². The third kappa shape index (κ3) is 3.54. The van der Waals surface area contributed by atoms with Gasteiger partial charge in [-0.15, -0.1) is 22.7 Å². The van der Waals surface area contributed by atoms with Crippen molar-refractivity contribution in [1.82, 2.24) is 4.98 Å². The SMILES string of the molecule is CCCc1cc(OC(=O)Nc2nc(C)cs2)cs1. The number of ether oxygens (including phenoxy) is 1. The molecule has 0 aliphatic heterocycles. The number of aromatic nitrogens is 1. The number of hydrogen-bond acceptors (Lipinski definition) is 5. The second-order valence-electron chi connectivity index (χ2n) is 3.81. The number of amides is 1. The third-order valence-corrected chi connectivity index (χ3v) is 4.02. The summed E-state index contributed by atoms with van der Waals surface area (Å²) < 4.78 is 5.18. The Morgan fingerprint density at radius 2 is 2.28 bits per heavy atom. The van der Waals surface area contributed by atoms with E-state index in [1.165, 1.54) is 16.2 Å². The fourth-order valence-corrected chi connectivity index (χ4v) is 2.99. The zero-order chi connectivity index (χ0) is 13.0. The van der Waals surface area contributed by atoms with Gasteiger partial charge in [0.05, 0.1) is 5.69 Å². The summed E-state index contributed by atoms with van der Waals surface area (Å²) in [5.41, 5.74) is 0.885. The molecular weight excluding hydrogens is 268 g/mol. The molecule has 6 heteroatoms. The molecule has 0 aliphatic carbocycles. The normalized spacial score (nSPS) is 10.3. The van der Waals surface area contributed by atoms with Gasteiger partial charge in [0.25, 0.3) is 0 Å². The Morgan fingerprint density at radius 1 is 1.44 bits per heavy atom. The number of thiazole rings is 1. The van der Waals surface area contributed by atoms with Gasteiger partial charge in [-0.3, -0.25) is 5.32 Å². The number of nitrogens with zero attached hydrogens (tertiary/aromatic N) is 1. The Labute approximate surface area is 114 Å². The van der Waals surface area contributed by atoms with Crippen LogP contribution < -0.4 is 10.1 Å². The molecule has 2 aromatic rings. The topological polar surface area (TPSA) is 51.2 Å². The van der Waals surface area contributed by atoms with Gasteiger partial charge < -0.3 is 4.74 Å². The summed E-state index contributed by atoms with van der Waals surface area (Å²) in [4.78, 5) is 17.0. The molecule has 0 aliphatic rings. The summed E-state index contributed by atoms with van der Waals surface area (Å²) in [6.45, 7) is 4.00. The maximum atomic E-state index is 11.6. The highest BCUT2D eigenvalue weighted by atomic mass is 32.1. The number of carbonyl (C=O) groups is 1. The van der Waals surface area contributed by atoms with Crippen molar-refractivity contribution in [3.63, 3.8) is 0 Å². The molecule has 1 N–H and O–H groups in total. The smallest absolute Gasteiger partial charge is 0.409 e. The van der Waals surface area contributed by atoms with Crippen molar-refractivity contribution in [1.29, 1.82) is 0 Å². The lowest BCUT2D eigenvalue weighted by Crippen LogP contribution is -2.16. The van der Waals surface area contributed by atoms with Gasteiger partial charge in [0, 0.05) is 15.6 Å². The summed E-state index contributed by atoms with van der Waals surface area (Å²) in [5.74, 6) is 0.592. The van der Waals surface area contributed by atoms with Gasteiger partial charge in [-0.2, -0.15) is 0 Å². The molecule has 4 nitrogen and oxygen atoms in total. The minimum Gasteiger partial charge on any atom is -0.409 e. The maximum absolute atomic E-state index is 11.6. The van der Waals surface area contributed by atoms with Crippen molar-refractivity contribution in [3.05, 3.63) is 27.4 Å². The van der Waals surface area contributed by atoms with E-state index in [9.17, 15) is 4.79 Å². The van der Waals surface area contributed by atoms with E-state index in [4.69, 9.17) is 4.74 Å². The van der Waals surface area contributed by atoms with Crippen LogP contribution in [0.3, 0.4) is 0 Å². The standard InChI is InChI=1S/C12H14N2O2S2/c1-3-4-10-5-9(7-17-10)16-12(15)14-11-13-8(2)6-18-11/h5-7H,3-4H2,1-2H3,(H,13,14,15). The van der Waals surface area contributed by atoms with Gasteiger partial charge in [-0.1, -0.05) is 13.3 Å². The van der Waals surface area contributed by atoms with Crippen molar-refractivity contribution in [2.24, 2.45) is 0 Å². The van der Waals surface area contributed by atoms with Crippen LogP contribution in [-0.2, 0) is 6.42 Å². The molecule has 2 heterocycles. The largest absolute Gasteiger partial charge is 0.418 e. The van der Waals surface area contributed by atoms with Crippen LogP contribution >= 0.6 is 22.7 Å². The Bertz CT molecular complexity index is 534. The summed E-state index contributed by atoms with van der Waals surface area (Å²) >= 11 is 2.99. The Morgan fingerprint density at radius 3 is 2.94 bits per heavy atom. The summed E-state index contributed by atoms with van der Waals surface area (Å²) in [6, 6.07) is 1.90. The molecule has 18 heavy (non-hydrogen) atoms. The molecule has 2 aromatic heterocycles. The fraction of sp³-hybridized carbons (Fsp3) is 0.333. The predicted octanol–water partition coefficient (Wildman–Crippen LogP) is 4.08. The lowest BCUT2D eigenvalue weighted by atomic mass is 10.3. The maximum Gasteiger partial charge on any atom is 0.418 e. The highest BCUT2D eigenvalue weighted by Gasteiger charge is 2.09. The number of carbonyl (C=O) groups excluding carboxylic acids is 1. The molecule has 2 rings (SSSR count). The Kier molecular flexibility index (Phi) is 4.33. The van der Waals surface area contributed by atoms with Gasteiger partial charge >= 0.3 is 6.09 Å². The van der Waals surface area contributed by atoms with E-state index in [1.54, 1.807) is 11.3 Å². The van der Waals surface area contributed by atoms with Gasteiger partial charge in [0.2, 0.25) is 0 Å². The lowest BCUT2D eigenvalue weighted by Gasteiger charge is -2.01. The molecule has 0 bridgehead atoms. The third-order valence-electron chi connectivity index (χ3n) is 2.16. The van der Waals surface area contributed by atoms with Crippen molar-refractivity contribution < 1.29 is 9.53 Å². The van der Waals surface area contributed by atoms with Crippen LogP contribution in [0.15, 0.2) is 16.8 Å². The summed E-state index contributed by atoms with van der Waals surface area (Å²) in [6.07, 6.45) is 1.61. The zero-order valence-corrected chi connectivity index (χ0v) is 11.9. The molecule has 0 radical (unpaired) electrons. The molecule has 0 aromatic carbocycles. The van der Waals surface area contributed by atoms with Crippen LogP contribution in [0.1, 0.15) is 23.9 Å². The molecular formula is C12H14N2O2S2. The first-order chi connectivity index (χ1) is 8.67. The zero-order valence-electron chi connectivity index (χ0n) is 10.2. The van der Waals surface area contributed by atoms with E-state index >= 15 is 0 Å². The quantitative estimate of drug-likeness (QED) is 0.919. The van der Waals surface area contributed by atoms with Crippen LogP contribution in [0.5, 0.6) is 5.75 Å². The number of hydrogen-bond donors (Lipinski definition) is 1. The molecule has 96 valence electrons. The second-order valence-corrected chi connectivity index (χ2v) is 5.66. The van der Waals surface area contributed by atoms with Gasteiger partial charge in [0.1, 0.15) is 5.75 Å². The van der Waals surface area contributed by atoms with Crippen molar-refractivity contribution in [2.75, 3.05) is 5.32 Å².